The molecule has 1 aliphatic heterocycles. The summed E-state index contributed by atoms with van der Waals surface area (Å²) in [6.07, 6.45) is 7.77. The van der Waals surface area contributed by atoms with Gasteiger partial charge in [0.2, 0.25) is 4.96 Å². The number of aryl methyl sites for hydroxylation is 1. The Bertz CT molecular complexity index is 753. The van der Waals surface area contributed by atoms with Gasteiger partial charge in [0.1, 0.15) is 5.01 Å². The Labute approximate surface area is 140 Å². The van der Waals surface area contributed by atoms with Crippen LogP contribution in [0.3, 0.4) is 0 Å². The number of hydrogen-bond donors (Lipinski definition) is 0. The van der Waals surface area contributed by atoms with Crippen molar-refractivity contribution in [3.8, 4) is 0 Å². The van der Waals surface area contributed by atoms with Crippen LogP contribution in [0.4, 0.5) is 0 Å². The first-order chi connectivity index (χ1) is 11.2. The van der Waals surface area contributed by atoms with Crippen LogP contribution >= 0.6 is 11.3 Å². The lowest BCUT2D eigenvalue weighted by atomic mass is 9.75. The SMILES string of the molecule is CCc1nn2c(=O)cc(CN3CCC4CCCCC4C3)nc2s1. The van der Waals surface area contributed by atoms with Crippen LogP contribution in [-0.2, 0) is 13.0 Å². The van der Waals surface area contributed by atoms with E-state index in [0.717, 1.165) is 47.0 Å². The molecule has 2 fully saturated rings. The zero-order chi connectivity index (χ0) is 15.8. The molecule has 3 heterocycles. The van der Waals surface area contributed by atoms with Gasteiger partial charge >= 0.3 is 0 Å². The Balaban J connectivity index is 1.52. The van der Waals surface area contributed by atoms with E-state index in [1.807, 2.05) is 0 Å². The Morgan fingerprint density at radius 1 is 1.26 bits per heavy atom. The third kappa shape index (κ3) is 3.06. The second-order valence-electron chi connectivity index (χ2n) is 6.96. The number of fused-ring (bicyclic) bond motifs is 2. The van der Waals surface area contributed by atoms with Crippen molar-refractivity contribution in [2.45, 2.75) is 52.0 Å². The number of hydrogen-bond acceptors (Lipinski definition) is 5. The summed E-state index contributed by atoms with van der Waals surface area (Å²) in [6, 6.07) is 1.67. The minimum Gasteiger partial charge on any atom is -0.297 e. The van der Waals surface area contributed by atoms with Crippen molar-refractivity contribution in [3.63, 3.8) is 0 Å². The molecule has 2 aliphatic rings. The standard InChI is InChI=1S/C17H24N4OS/c1-2-15-19-21-16(22)9-14(18-17(21)23-15)11-20-8-7-12-5-3-4-6-13(12)10-20/h9,12-13H,2-8,10-11H2,1H3. The minimum atomic E-state index is -0.0477. The van der Waals surface area contributed by atoms with E-state index in [1.54, 1.807) is 6.07 Å². The van der Waals surface area contributed by atoms with Gasteiger partial charge in [0.25, 0.3) is 5.56 Å². The molecule has 5 nitrogen and oxygen atoms in total. The number of piperidine rings is 1. The molecule has 0 spiro atoms. The highest BCUT2D eigenvalue weighted by atomic mass is 32.1. The van der Waals surface area contributed by atoms with Crippen molar-refractivity contribution in [3.05, 3.63) is 27.1 Å². The summed E-state index contributed by atoms with van der Waals surface area (Å²) in [5.74, 6) is 1.80. The Morgan fingerprint density at radius 2 is 2.09 bits per heavy atom. The molecule has 0 amide bonds. The molecule has 0 aromatic carbocycles. The van der Waals surface area contributed by atoms with Crippen LogP contribution in [0.25, 0.3) is 4.96 Å². The van der Waals surface area contributed by atoms with Crippen molar-refractivity contribution in [2.75, 3.05) is 13.1 Å². The van der Waals surface area contributed by atoms with Crippen molar-refractivity contribution in [1.82, 2.24) is 19.5 Å². The van der Waals surface area contributed by atoms with Crippen LogP contribution in [0.1, 0.15) is 49.7 Å². The summed E-state index contributed by atoms with van der Waals surface area (Å²) in [5, 5.41) is 5.29. The topological polar surface area (TPSA) is 50.5 Å². The largest absolute Gasteiger partial charge is 0.297 e. The molecule has 0 bridgehead atoms. The van der Waals surface area contributed by atoms with Crippen LogP contribution in [0.15, 0.2) is 10.9 Å². The van der Waals surface area contributed by atoms with Crippen molar-refractivity contribution in [1.29, 1.82) is 0 Å². The predicted molar refractivity (Wildman–Crippen MR) is 91.9 cm³/mol. The van der Waals surface area contributed by atoms with Gasteiger partial charge in [-0.2, -0.15) is 9.61 Å². The summed E-state index contributed by atoms with van der Waals surface area (Å²) in [4.78, 5) is 20.2. The van der Waals surface area contributed by atoms with Gasteiger partial charge in [-0.1, -0.05) is 37.5 Å². The van der Waals surface area contributed by atoms with Gasteiger partial charge < -0.3 is 0 Å². The van der Waals surface area contributed by atoms with E-state index in [9.17, 15) is 4.79 Å². The average molecular weight is 332 g/mol. The number of rotatable bonds is 3. The molecule has 124 valence electrons. The lowest BCUT2D eigenvalue weighted by Crippen LogP contribution is -2.41. The second-order valence-corrected chi connectivity index (χ2v) is 8.00. The first kappa shape index (κ1) is 15.3. The van der Waals surface area contributed by atoms with Gasteiger partial charge in [-0.3, -0.25) is 9.69 Å². The highest BCUT2D eigenvalue weighted by molar-refractivity contribution is 7.16. The maximum Gasteiger partial charge on any atom is 0.275 e. The molecule has 4 rings (SSSR count). The highest BCUT2D eigenvalue weighted by Crippen LogP contribution is 2.36. The first-order valence-electron chi connectivity index (χ1n) is 8.84. The summed E-state index contributed by atoms with van der Waals surface area (Å²) in [5.41, 5.74) is 0.851. The summed E-state index contributed by atoms with van der Waals surface area (Å²) < 4.78 is 1.44. The highest BCUT2D eigenvalue weighted by Gasteiger charge is 2.31. The van der Waals surface area contributed by atoms with Gasteiger partial charge in [-0.05, 0) is 37.6 Å². The fourth-order valence-corrected chi connectivity index (χ4v) is 5.03. The molecular formula is C17H24N4OS. The van der Waals surface area contributed by atoms with Crippen LogP contribution in [0.5, 0.6) is 0 Å². The third-order valence-corrected chi connectivity index (χ3v) is 6.46. The molecule has 2 aromatic heterocycles. The molecule has 0 radical (unpaired) electrons. The van der Waals surface area contributed by atoms with Crippen LogP contribution in [-0.4, -0.2) is 32.6 Å². The molecule has 2 aromatic rings. The lowest BCUT2D eigenvalue weighted by molar-refractivity contribution is 0.0812. The van der Waals surface area contributed by atoms with E-state index in [0.29, 0.717) is 0 Å². The van der Waals surface area contributed by atoms with E-state index in [2.05, 4.69) is 21.9 Å². The Hall–Kier alpha value is -1.27. The van der Waals surface area contributed by atoms with Gasteiger partial charge in [-0.15, -0.1) is 0 Å². The summed E-state index contributed by atoms with van der Waals surface area (Å²) in [7, 11) is 0. The van der Waals surface area contributed by atoms with Crippen LogP contribution in [0.2, 0.25) is 0 Å². The maximum absolute atomic E-state index is 12.2. The predicted octanol–water partition coefficient (Wildman–Crippen LogP) is 2.73. The first-order valence-corrected chi connectivity index (χ1v) is 9.65. The van der Waals surface area contributed by atoms with Crippen molar-refractivity contribution >= 4 is 16.3 Å². The van der Waals surface area contributed by atoms with E-state index in [-0.39, 0.29) is 5.56 Å². The normalized spacial score (nSPS) is 25.6. The zero-order valence-electron chi connectivity index (χ0n) is 13.7. The van der Waals surface area contributed by atoms with Gasteiger partial charge in [0.05, 0.1) is 5.69 Å². The molecule has 23 heavy (non-hydrogen) atoms. The monoisotopic (exact) mass is 332 g/mol. The van der Waals surface area contributed by atoms with Crippen molar-refractivity contribution < 1.29 is 0 Å². The number of nitrogens with zero attached hydrogens (tertiary/aromatic N) is 4. The molecular weight excluding hydrogens is 308 g/mol. The average Bonchev–Trinajstić information content (AvgIpc) is 2.98. The summed E-state index contributed by atoms with van der Waals surface area (Å²) >= 11 is 1.53. The fourth-order valence-electron chi connectivity index (χ4n) is 4.17. The zero-order valence-corrected chi connectivity index (χ0v) is 14.5. The van der Waals surface area contributed by atoms with Crippen LogP contribution < -0.4 is 5.56 Å². The fraction of sp³-hybridized carbons (Fsp3) is 0.706. The van der Waals surface area contributed by atoms with Gasteiger partial charge in [0, 0.05) is 19.2 Å². The van der Waals surface area contributed by atoms with Crippen molar-refractivity contribution in [2.24, 2.45) is 11.8 Å². The molecule has 2 unspecified atom stereocenters. The maximum atomic E-state index is 12.2. The lowest BCUT2D eigenvalue weighted by Gasteiger charge is -2.41. The molecule has 2 atom stereocenters. The number of likely N-dealkylation sites (tertiary alicyclic amines) is 1. The molecule has 1 saturated heterocycles. The second kappa shape index (κ2) is 6.32. The van der Waals surface area contributed by atoms with Gasteiger partial charge in [-0.25, -0.2) is 4.98 Å². The van der Waals surface area contributed by atoms with E-state index < -0.39 is 0 Å². The molecule has 1 aliphatic carbocycles. The van der Waals surface area contributed by atoms with E-state index >= 15 is 0 Å². The third-order valence-electron chi connectivity index (χ3n) is 5.40. The quantitative estimate of drug-likeness (QED) is 0.867. The minimum absolute atomic E-state index is 0.0477. The van der Waals surface area contributed by atoms with E-state index in [4.69, 9.17) is 0 Å². The Kier molecular flexibility index (Phi) is 4.20. The van der Waals surface area contributed by atoms with Gasteiger partial charge in [0.15, 0.2) is 0 Å². The van der Waals surface area contributed by atoms with Crippen LogP contribution in [0, 0.1) is 11.8 Å². The smallest absolute Gasteiger partial charge is 0.275 e. The Morgan fingerprint density at radius 3 is 2.91 bits per heavy atom. The molecule has 1 saturated carbocycles. The molecule has 6 heteroatoms. The number of aromatic nitrogens is 3. The molecule has 0 N–H and O–H groups in total. The van der Waals surface area contributed by atoms with E-state index in [1.165, 1.54) is 54.5 Å². The summed E-state index contributed by atoms with van der Waals surface area (Å²) in [6.45, 7) is 5.17.